The van der Waals surface area contributed by atoms with Crippen molar-refractivity contribution in [2.45, 2.75) is 13.0 Å². The summed E-state index contributed by atoms with van der Waals surface area (Å²) in [5.74, 6) is 0. The molecule has 0 radical (unpaired) electrons. The second-order valence-electron chi connectivity index (χ2n) is 4.56. The Balaban J connectivity index is 1.66. The average Bonchev–Trinajstić information content (AvgIpc) is 2.55. The van der Waals surface area contributed by atoms with Crippen LogP contribution in [-0.4, -0.2) is 22.6 Å². The Morgan fingerprint density at radius 1 is 1.26 bits per heavy atom. The highest BCUT2D eigenvalue weighted by atomic mass is 35.5. The number of nitrogens with one attached hydrogen (secondary N) is 1. The number of carbonyl (C=O) groups is 1. The summed E-state index contributed by atoms with van der Waals surface area (Å²) < 4.78 is 5.10. The fourth-order valence-corrected chi connectivity index (χ4v) is 2.07. The zero-order valence-corrected chi connectivity index (χ0v) is 13.7. The molecule has 1 aromatic carbocycles. The highest BCUT2D eigenvalue weighted by Gasteiger charge is 2.02. The van der Waals surface area contributed by atoms with Crippen molar-refractivity contribution in [3.8, 4) is 0 Å². The number of halogens is 2. The summed E-state index contributed by atoms with van der Waals surface area (Å²) in [4.78, 5) is 19.2. The molecule has 0 aliphatic carbocycles. The topological polar surface area (TPSA) is 64.1 Å². The van der Waals surface area contributed by atoms with Crippen LogP contribution < -0.4 is 5.32 Å². The molecule has 23 heavy (non-hydrogen) atoms. The number of rotatable bonds is 6. The highest BCUT2D eigenvalue weighted by molar-refractivity contribution is 6.32. The molecule has 2 rings (SSSR count). The molecular formula is C16H15Cl2N3O2. The maximum absolute atomic E-state index is 11.5. The lowest BCUT2D eigenvalue weighted by Crippen LogP contribution is -2.24. The van der Waals surface area contributed by atoms with Crippen LogP contribution in [0.2, 0.25) is 10.4 Å². The van der Waals surface area contributed by atoms with E-state index in [4.69, 9.17) is 27.9 Å². The zero-order valence-electron chi connectivity index (χ0n) is 12.2. The number of nitrogens with zero attached hydrogens (tertiary/aromatic N) is 2. The fourth-order valence-electron chi connectivity index (χ4n) is 1.70. The first-order valence-electron chi connectivity index (χ1n) is 6.94. The van der Waals surface area contributed by atoms with E-state index in [2.05, 4.69) is 15.3 Å². The van der Waals surface area contributed by atoms with Crippen LogP contribution in [0.5, 0.6) is 0 Å². The van der Waals surface area contributed by atoms with Gasteiger partial charge in [0.2, 0.25) is 5.28 Å². The van der Waals surface area contributed by atoms with E-state index in [0.717, 1.165) is 5.56 Å². The third-order valence-corrected chi connectivity index (χ3v) is 3.31. The lowest BCUT2D eigenvalue weighted by molar-refractivity contribution is 0.140. The molecule has 1 heterocycles. The van der Waals surface area contributed by atoms with Gasteiger partial charge in [-0.05, 0) is 23.6 Å². The maximum Gasteiger partial charge on any atom is 0.407 e. The average molecular weight is 352 g/mol. The van der Waals surface area contributed by atoms with Crippen molar-refractivity contribution >= 4 is 35.4 Å². The smallest absolute Gasteiger partial charge is 0.407 e. The summed E-state index contributed by atoms with van der Waals surface area (Å²) >= 11 is 11.5. The minimum Gasteiger partial charge on any atom is -0.445 e. The van der Waals surface area contributed by atoms with E-state index in [9.17, 15) is 4.79 Å². The van der Waals surface area contributed by atoms with Gasteiger partial charge in [-0.15, -0.1) is 0 Å². The number of hydrogen-bond donors (Lipinski definition) is 1. The molecule has 1 aromatic heterocycles. The third-order valence-electron chi connectivity index (χ3n) is 2.83. The first-order valence-corrected chi connectivity index (χ1v) is 7.70. The molecule has 0 spiro atoms. The van der Waals surface area contributed by atoms with E-state index in [-0.39, 0.29) is 17.0 Å². The van der Waals surface area contributed by atoms with Crippen LogP contribution in [0.15, 0.2) is 42.6 Å². The molecular weight excluding hydrogens is 337 g/mol. The van der Waals surface area contributed by atoms with Crippen molar-refractivity contribution in [1.82, 2.24) is 15.3 Å². The van der Waals surface area contributed by atoms with E-state index in [1.165, 1.54) is 6.20 Å². The van der Waals surface area contributed by atoms with Gasteiger partial charge in [0, 0.05) is 18.3 Å². The maximum atomic E-state index is 11.5. The standard InChI is InChI=1S/C16H15Cl2N3O2/c17-14-13(10-20-15(18)21-14)8-4-5-9-19-16(22)23-11-12-6-2-1-3-7-12/h1-4,6-8,10H,5,9,11H2,(H,19,22). The van der Waals surface area contributed by atoms with Crippen LogP contribution in [0.3, 0.4) is 0 Å². The molecule has 2 aromatic rings. The zero-order chi connectivity index (χ0) is 16.5. The van der Waals surface area contributed by atoms with E-state index >= 15 is 0 Å². The van der Waals surface area contributed by atoms with Crippen molar-refractivity contribution < 1.29 is 9.53 Å². The van der Waals surface area contributed by atoms with Gasteiger partial charge in [-0.25, -0.2) is 14.8 Å². The van der Waals surface area contributed by atoms with Crippen LogP contribution in [0.25, 0.3) is 6.08 Å². The molecule has 0 aliphatic heterocycles. The van der Waals surface area contributed by atoms with E-state index < -0.39 is 6.09 Å². The Hall–Kier alpha value is -2.11. The van der Waals surface area contributed by atoms with Crippen LogP contribution in [0.4, 0.5) is 4.79 Å². The number of amides is 1. The van der Waals surface area contributed by atoms with Gasteiger partial charge >= 0.3 is 6.09 Å². The number of aromatic nitrogens is 2. The second-order valence-corrected chi connectivity index (χ2v) is 5.26. The quantitative estimate of drug-likeness (QED) is 0.483. The van der Waals surface area contributed by atoms with Gasteiger partial charge in [-0.2, -0.15) is 0 Å². The molecule has 7 heteroatoms. The van der Waals surface area contributed by atoms with Crippen LogP contribution in [-0.2, 0) is 11.3 Å². The molecule has 5 nitrogen and oxygen atoms in total. The minimum atomic E-state index is -0.449. The van der Waals surface area contributed by atoms with Gasteiger partial charge in [0.15, 0.2) is 0 Å². The summed E-state index contributed by atoms with van der Waals surface area (Å²) in [5, 5.41) is 3.06. The van der Waals surface area contributed by atoms with Crippen molar-refractivity contribution in [1.29, 1.82) is 0 Å². The Morgan fingerprint density at radius 3 is 2.78 bits per heavy atom. The summed E-state index contributed by atoms with van der Waals surface area (Å²) in [6.45, 7) is 0.705. The number of carbonyl (C=O) groups excluding carboxylic acids is 1. The first-order chi connectivity index (χ1) is 11.1. The summed E-state index contributed by atoms with van der Waals surface area (Å²) in [7, 11) is 0. The number of benzene rings is 1. The lowest BCUT2D eigenvalue weighted by atomic mass is 10.2. The van der Waals surface area contributed by atoms with E-state index in [1.54, 1.807) is 6.08 Å². The Morgan fingerprint density at radius 2 is 2.04 bits per heavy atom. The van der Waals surface area contributed by atoms with Crippen molar-refractivity contribution in [2.24, 2.45) is 0 Å². The molecule has 0 saturated carbocycles. The molecule has 0 bridgehead atoms. The van der Waals surface area contributed by atoms with Gasteiger partial charge in [0.05, 0.1) is 0 Å². The molecule has 0 atom stereocenters. The largest absolute Gasteiger partial charge is 0.445 e. The van der Waals surface area contributed by atoms with Gasteiger partial charge in [-0.3, -0.25) is 0 Å². The normalized spacial score (nSPS) is 10.7. The molecule has 1 N–H and O–H groups in total. The van der Waals surface area contributed by atoms with E-state index in [1.807, 2.05) is 36.4 Å². The van der Waals surface area contributed by atoms with Gasteiger partial charge in [0.25, 0.3) is 0 Å². The predicted molar refractivity (Wildman–Crippen MR) is 90.3 cm³/mol. The lowest BCUT2D eigenvalue weighted by Gasteiger charge is -2.05. The monoisotopic (exact) mass is 351 g/mol. The Labute approximate surface area is 144 Å². The van der Waals surface area contributed by atoms with Gasteiger partial charge < -0.3 is 10.1 Å². The van der Waals surface area contributed by atoms with Gasteiger partial charge in [0.1, 0.15) is 11.8 Å². The summed E-state index contributed by atoms with van der Waals surface area (Å²) in [6, 6.07) is 9.50. The third kappa shape index (κ3) is 6.26. The summed E-state index contributed by atoms with van der Waals surface area (Å²) in [6.07, 6.45) is 5.34. The van der Waals surface area contributed by atoms with Gasteiger partial charge in [-0.1, -0.05) is 54.1 Å². The van der Waals surface area contributed by atoms with Crippen molar-refractivity contribution in [3.63, 3.8) is 0 Å². The molecule has 0 aliphatic rings. The minimum absolute atomic E-state index is 0.106. The SMILES string of the molecule is O=C(NCCC=Cc1cnc(Cl)nc1Cl)OCc1ccccc1. The predicted octanol–water partition coefficient (Wildman–Crippen LogP) is 4.11. The van der Waals surface area contributed by atoms with Crippen molar-refractivity contribution in [2.75, 3.05) is 6.54 Å². The molecule has 1 amide bonds. The highest BCUT2D eigenvalue weighted by Crippen LogP contribution is 2.15. The molecule has 0 saturated heterocycles. The van der Waals surface area contributed by atoms with Crippen LogP contribution in [0.1, 0.15) is 17.5 Å². The van der Waals surface area contributed by atoms with Crippen molar-refractivity contribution in [3.05, 3.63) is 64.2 Å². The van der Waals surface area contributed by atoms with Crippen LogP contribution >= 0.6 is 23.2 Å². The number of ether oxygens (including phenoxy) is 1. The molecule has 0 unspecified atom stereocenters. The summed E-state index contributed by atoms with van der Waals surface area (Å²) in [5.41, 5.74) is 1.61. The van der Waals surface area contributed by atoms with Crippen LogP contribution in [0, 0.1) is 0 Å². The number of alkyl carbamates (subject to hydrolysis) is 1. The second kappa shape index (κ2) is 9.12. The van der Waals surface area contributed by atoms with E-state index in [0.29, 0.717) is 18.5 Å². The Kier molecular flexibility index (Phi) is 6.84. The Bertz CT molecular complexity index is 678. The molecule has 120 valence electrons. The fraction of sp³-hybridized carbons (Fsp3) is 0.188. The first kappa shape index (κ1) is 17.2. The number of hydrogen-bond acceptors (Lipinski definition) is 4. The molecule has 0 fully saturated rings.